The van der Waals surface area contributed by atoms with E-state index < -0.39 is 5.60 Å². The second-order valence-electron chi connectivity index (χ2n) is 6.01. The average molecular weight is 296 g/mol. The van der Waals surface area contributed by atoms with Crippen molar-refractivity contribution in [1.82, 2.24) is 0 Å². The van der Waals surface area contributed by atoms with Crippen LogP contribution in [0.3, 0.4) is 0 Å². The number of fused-ring (bicyclic) bond motifs is 2. The van der Waals surface area contributed by atoms with E-state index in [1.165, 1.54) is 19.1 Å². The third kappa shape index (κ3) is 2.67. The molecule has 3 heteroatoms. The van der Waals surface area contributed by atoms with E-state index in [-0.39, 0.29) is 11.8 Å². The number of esters is 1. The summed E-state index contributed by atoms with van der Waals surface area (Å²) in [5.74, 6) is -0.561. The lowest BCUT2D eigenvalue weighted by atomic mass is 9.94. The third-order valence-corrected chi connectivity index (χ3v) is 3.85. The van der Waals surface area contributed by atoms with Crippen molar-refractivity contribution < 1.29 is 13.9 Å². The molecule has 0 aliphatic heterocycles. The Hall–Kier alpha value is -2.42. The maximum absolute atomic E-state index is 13.4. The minimum atomic E-state index is -0.698. The lowest BCUT2D eigenvalue weighted by molar-refractivity contribution is -0.154. The van der Waals surface area contributed by atoms with Crippen LogP contribution in [0.5, 0.6) is 0 Å². The molecule has 0 bridgehead atoms. The number of carbonyl (C=O) groups is 1. The minimum Gasteiger partial charge on any atom is -0.455 e. The summed E-state index contributed by atoms with van der Waals surface area (Å²) in [4.78, 5) is 11.2. The first-order valence-electron chi connectivity index (χ1n) is 7.18. The fourth-order valence-electron chi connectivity index (χ4n) is 2.76. The summed E-state index contributed by atoms with van der Waals surface area (Å²) in [5, 5.41) is 3.92. The lowest BCUT2D eigenvalue weighted by Gasteiger charge is -2.25. The molecule has 0 aromatic heterocycles. The number of rotatable bonds is 2. The molecule has 0 amide bonds. The molecule has 22 heavy (non-hydrogen) atoms. The predicted molar refractivity (Wildman–Crippen MR) is 86.2 cm³/mol. The van der Waals surface area contributed by atoms with E-state index in [4.69, 9.17) is 4.74 Å². The summed E-state index contributed by atoms with van der Waals surface area (Å²) in [6.07, 6.45) is 0. The van der Waals surface area contributed by atoms with Crippen molar-refractivity contribution in [3.63, 3.8) is 0 Å². The van der Waals surface area contributed by atoms with Gasteiger partial charge in [0.15, 0.2) is 0 Å². The molecule has 0 aliphatic carbocycles. The molecule has 0 saturated carbocycles. The van der Waals surface area contributed by atoms with Crippen molar-refractivity contribution in [3.05, 3.63) is 59.9 Å². The van der Waals surface area contributed by atoms with Crippen molar-refractivity contribution in [1.29, 1.82) is 0 Å². The van der Waals surface area contributed by atoms with Gasteiger partial charge in [0.05, 0.1) is 0 Å². The summed E-state index contributed by atoms with van der Waals surface area (Å²) < 4.78 is 18.8. The van der Waals surface area contributed by atoms with E-state index in [2.05, 4.69) is 0 Å². The third-order valence-electron chi connectivity index (χ3n) is 3.85. The van der Waals surface area contributed by atoms with Gasteiger partial charge in [0.1, 0.15) is 11.4 Å². The highest BCUT2D eigenvalue weighted by Crippen LogP contribution is 2.30. The molecule has 0 radical (unpaired) electrons. The van der Waals surface area contributed by atoms with Crippen LogP contribution in [0.25, 0.3) is 21.5 Å². The monoisotopic (exact) mass is 296 g/mol. The highest BCUT2D eigenvalue weighted by molar-refractivity contribution is 5.98. The summed E-state index contributed by atoms with van der Waals surface area (Å²) in [5.41, 5.74) is 0.211. The molecule has 0 unspecified atom stereocenters. The van der Waals surface area contributed by atoms with Gasteiger partial charge in [0.25, 0.3) is 0 Å². The number of carbonyl (C=O) groups excluding carboxylic acids is 1. The van der Waals surface area contributed by atoms with Crippen molar-refractivity contribution in [2.45, 2.75) is 26.4 Å². The molecule has 112 valence electrons. The van der Waals surface area contributed by atoms with E-state index in [9.17, 15) is 9.18 Å². The van der Waals surface area contributed by atoms with Crippen LogP contribution in [0.2, 0.25) is 0 Å². The van der Waals surface area contributed by atoms with Gasteiger partial charge < -0.3 is 4.74 Å². The molecule has 0 saturated heterocycles. The second-order valence-corrected chi connectivity index (χ2v) is 6.01. The Kier molecular flexibility index (Phi) is 3.36. The average Bonchev–Trinajstić information content (AvgIpc) is 2.43. The topological polar surface area (TPSA) is 26.3 Å². The maximum Gasteiger partial charge on any atom is 0.303 e. The van der Waals surface area contributed by atoms with Crippen molar-refractivity contribution in [3.8, 4) is 0 Å². The molecule has 0 heterocycles. The first-order valence-corrected chi connectivity index (χ1v) is 7.18. The Balaban J connectivity index is 2.16. The van der Waals surface area contributed by atoms with Crippen LogP contribution < -0.4 is 0 Å². The van der Waals surface area contributed by atoms with Gasteiger partial charge in [0.2, 0.25) is 0 Å². The molecular formula is C19H17FO2. The van der Waals surface area contributed by atoms with E-state index in [0.717, 1.165) is 27.1 Å². The Morgan fingerprint density at radius 1 is 0.909 bits per heavy atom. The molecule has 0 fully saturated rings. The second kappa shape index (κ2) is 5.09. The SMILES string of the molecule is CC(=O)OC(C)(C)c1ccc2cc3ccc(F)cc3cc2c1. The normalized spacial score (nSPS) is 11.8. The van der Waals surface area contributed by atoms with Gasteiger partial charge in [-0.05, 0) is 71.3 Å². The molecular weight excluding hydrogens is 279 g/mol. The number of ether oxygens (including phenoxy) is 1. The van der Waals surface area contributed by atoms with Crippen molar-refractivity contribution in [2.75, 3.05) is 0 Å². The standard InChI is InChI=1S/C19H17FO2/c1-12(21)22-19(2,3)17-6-4-13-8-14-5-7-18(20)11-16(14)9-15(13)10-17/h4-11H,1-3H3. The van der Waals surface area contributed by atoms with Gasteiger partial charge in [0, 0.05) is 6.92 Å². The van der Waals surface area contributed by atoms with Crippen LogP contribution in [0.15, 0.2) is 48.5 Å². The molecule has 3 aromatic rings. The van der Waals surface area contributed by atoms with Gasteiger partial charge in [-0.2, -0.15) is 0 Å². The zero-order valence-corrected chi connectivity index (χ0v) is 12.8. The number of benzene rings is 3. The molecule has 0 aliphatic rings. The summed E-state index contributed by atoms with van der Waals surface area (Å²) in [7, 11) is 0. The molecule has 3 rings (SSSR count). The van der Waals surface area contributed by atoms with Gasteiger partial charge in [-0.3, -0.25) is 4.79 Å². The van der Waals surface area contributed by atoms with Crippen LogP contribution in [0.4, 0.5) is 4.39 Å². The zero-order valence-electron chi connectivity index (χ0n) is 12.8. The molecule has 2 nitrogen and oxygen atoms in total. The van der Waals surface area contributed by atoms with Crippen LogP contribution in [-0.4, -0.2) is 5.97 Å². The molecule has 0 atom stereocenters. The van der Waals surface area contributed by atoms with Gasteiger partial charge in [-0.1, -0.05) is 18.2 Å². The fraction of sp³-hybridized carbons (Fsp3) is 0.211. The lowest BCUT2D eigenvalue weighted by Crippen LogP contribution is -2.24. The Bertz CT molecular complexity index is 881. The largest absolute Gasteiger partial charge is 0.455 e. The molecule has 0 spiro atoms. The minimum absolute atomic E-state index is 0.247. The fourth-order valence-corrected chi connectivity index (χ4v) is 2.76. The van der Waals surface area contributed by atoms with Crippen LogP contribution in [-0.2, 0) is 15.1 Å². The predicted octanol–water partition coefficient (Wildman–Crippen LogP) is 4.93. The van der Waals surface area contributed by atoms with Crippen LogP contribution >= 0.6 is 0 Å². The molecule has 3 aromatic carbocycles. The Morgan fingerprint density at radius 3 is 2.18 bits per heavy atom. The first-order chi connectivity index (χ1) is 10.3. The van der Waals surface area contributed by atoms with Crippen LogP contribution in [0.1, 0.15) is 26.3 Å². The quantitative estimate of drug-likeness (QED) is 0.495. The summed E-state index contributed by atoms with van der Waals surface area (Å²) >= 11 is 0. The smallest absolute Gasteiger partial charge is 0.303 e. The van der Waals surface area contributed by atoms with E-state index in [1.54, 1.807) is 6.07 Å². The Morgan fingerprint density at radius 2 is 1.50 bits per heavy atom. The zero-order chi connectivity index (χ0) is 15.9. The van der Waals surface area contributed by atoms with E-state index >= 15 is 0 Å². The number of hydrogen-bond acceptors (Lipinski definition) is 2. The van der Waals surface area contributed by atoms with E-state index in [1.807, 2.05) is 44.2 Å². The van der Waals surface area contributed by atoms with Crippen molar-refractivity contribution >= 4 is 27.5 Å². The Labute approximate surface area is 128 Å². The van der Waals surface area contributed by atoms with Gasteiger partial charge in [-0.25, -0.2) is 4.39 Å². The highest BCUT2D eigenvalue weighted by Gasteiger charge is 2.24. The maximum atomic E-state index is 13.4. The van der Waals surface area contributed by atoms with Crippen molar-refractivity contribution in [2.24, 2.45) is 0 Å². The van der Waals surface area contributed by atoms with Gasteiger partial charge in [-0.15, -0.1) is 0 Å². The van der Waals surface area contributed by atoms with Crippen LogP contribution in [0, 0.1) is 5.82 Å². The summed E-state index contributed by atoms with van der Waals surface area (Å²) in [6.45, 7) is 5.12. The molecule has 0 N–H and O–H groups in total. The number of halogens is 1. The first kappa shape index (κ1) is 14.5. The van der Waals surface area contributed by atoms with E-state index in [0.29, 0.717) is 0 Å². The van der Waals surface area contributed by atoms with Gasteiger partial charge >= 0.3 is 5.97 Å². The number of hydrogen-bond donors (Lipinski definition) is 0. The highest BCUT2D eigenvalue weighted by atomic mass is 19.1. The summed E-state index contributed by atoms with van der Waals surface area (Å²) in [6, 6.07) is 14.7.